The number of hydrogen-bond donors (Lipinski definition) is 1. The fourth-order valence-corrected chi connectivity index (χ4v) is 3.60. The molecule has 0 aliphatic carbocycles. The zero-order chi connectivity index (χ0) is 9.42. The van der Waals surface area contributed by atoms with E-state index in [1.807, 2.05) is 6.07 Å². The van der Waals surface area contributed by atoms with E-state index >= 15 is 0 Å². The highest BCUT2D eigenvalue weighted by atomic mass is 79.9. The molecule has 0 spiro atoms. The molecule has 2 rings (SSSR count). The summed E-state index contributed by atoms with van der Waals surface area (Å²) in [5.41, 5.74) is 6.74. The average Bonchev–Trinajstić information content (AvgIpc) is 2.45. The third kappa shape index (κ3) is 1.58. The third-order valence-electron chi connectivity index (χ3n) is 1.86. The molecule has 1 aromatic heterocycles. The van der Waals surface area contributed by atoms with Gasteiger partial charge in [-0.3, -0.25) is 0 Å². The quantitative estimate of drug-likeness (QED) is 0.629. The maximum atomic E-state index is 5.87. The number of benzene rings is 1. The topological polar surface area (TPSA) is 26.0 Å². The Morgan fingerprint density at radius 1 is 1.46 bits per heavy atom. The summed E-state index contributed by atoms with van der Waals surface area (Å²) >= 11 is 6.92. The van der Waals surface area contributed by atoms with Crippen LogP contribution in [0.4, 0.5) is 5.69 Å². The van der Waals surface area contributed by atoms with E-state index in [1.165, 1.54) is 15.0 Å². The minimum atomic E-state index is 0.866. The van der Waals surface area contributed by atoms with Gasteiger partial charge in [0.2, 0.25) is 0 Å². The zero-order valence-corrected chi connectivity index (χ0v) is 10.2. The average molecular weight is 274 g/mol. The van der Waals surface area contributed by atoms with Gasteiger partial charge in [-0.05, 0) is 40.4 Å². The van der Waals surface area contributed by atoms with Crippen LogP contribution in [-0.4, -0.2) is 6.26 Å². The van der Waals surface area contributed by atoms with E-state index in [4.69, 9.17) is 5.73 Å². The van der Waals surface area contributed by atoms with Gasteiger partial charge in [-0.1, -0.05) is 0 Å². The summed E-state index contributed by atoms with van der Waals surface area (Å²) in [6.07, 6.45) is 2.05. The van der Waals surface area contributed by atoms with Crippen molar-refractivity contribution in [1.82, 2.24) is 0 Å². The number of thioether (sulfide) groups is 1. The molecule has 0 saturated heterocycles. The highest BCUT2D eigenvalue weighted by Crippen LogP contribution is 2.38. The minimum absolute atomic E-state index is 0.866. The molecule has 0 aliphatic heterocycles. The maximum absolute atomic E-state index is 5.87. The summed E-state index contributed by atoms with van der Waals surface area (Å²) in [7, 11) is 0. The van der Waals surface area contributed by atoms with E-state index in [9.17, 15) is 0 Å². The summed E-state index contributed by atoms with van der Waals surface area (Å²) in [6, 6.07) is 6.17. The van der Waals surface area contributed by atoms with Gasteiger partial charge in [0.05, 0.1) is 3.79 Å². The van der Waals surface area contributed by atoms with Crippen LogP contribution in [0, 0.1) is 0 Å². The predicted molar refractivity (Wildman–Crippen MR) is 65.7 cm³/mol. The molecular formula is C9H8BrNS2. The summed E-state index contributed by atoms with van der Waals surface area (Å²) in [6.45, 7) is 0. The molecule has 1 aromatic carbocycles. The van der Waals surface area contributed by atoms with Crippen molar-refractivity contribution >= 4 is 54.8 Å². The van der Waals surface area contributed by atoms with Crippen LogP contribution in [0.2, 0.25) is 0 Å². The Labute approximate surface area is 93.4 Å². The van der Waals surface area contributed by atoms with Gasteiger partial charge in [0.15, 0.2) is 0 Å². The molecule has 4 heteroatoms. The van der Waals surface area contributed by atoms with Crippen molar-refractivity contribution in [2.24, 2.45) is 0 Å². The van der Waals surface area contributed by atoms with Crippen LogP contribution in [0.25, 0.3) is 10.1 Å². The molecule has 0 bridgehead atoms. The van der Waals surface area contributed by atoms with Crippen LogP contribution in [-0.2, 0) is 0 Å². The molecule has 0 aliphatic rings. The van der Waals surface area contributed by atoms with E-state index in [2.05, 4.69) is 34.3 Å². The number of hydrogen-bond acceptors (Lipinski definition) is 3. The molecule has 2 N–H and O–H groups in total. The van der Waals surface area contributed by atoms with Crippen LogP contribution >= 0.6 is 39.0 Å². The van der Waals surface area contributed by atoms with Crippen LogP contribution in [0.15, 0.2) is 26.9 Å². The molecule has 0 fully saturated rings. The van der Waals surface area contributed by atoms with Gasteiger partial charge in [0, 0.05) is 20.7 Å². The van der Waals surface area contributed by atoms with Gasteiger partial charge < -0.3 is 5.73 Å². The van der Waals surface area contributed by atoms with Gasteiger partial charge in [-0.2, -0.15) is 0 Å². The summed E-state index contributed by atoms with van der Waals surface area (Å²) in [4.78, 5) is 1.18. The van der Waals surface area contributed by atoms with E-state index in [0.29, 0.717) is 0 Å². The molecule has 0 unspecified atom stereocenters. The molecule has 0 amide bonds. The second-order valence-corrected chi connectivity index (χ2v) is 5.93. The Hall–Kier alpha value is -0.190. The largest absolute Gasteiger partial charge is 0.398 e. The Morgan fingerprint density at radius 2 is 2.23 bits per heavy atom. The highest BCUT2D eigenvalue weighted by molar-refractivity contribution is 9.11. The molecule has 0 radical (unpaired) electrons. The summed E-state index contributed by atoms with van der Waals surface area (Å²) in [5, 5.41) is 1.25. The lowest BCUT2D eigenvalue weighted by atomic mass is 10.2. The molecule has 0 saturated carbocycles. The number of anilines is 1. The first-order valence-electron chi connectivity index (χ1n) is 3.74. The molecule has 1 heterocycles. The Bertz CT molecular complexity index is 450. The number of nitrogens with two attached hydrogens (primary N) is 1. The van der Waals surface area contributed by atoms with Gasteiger partial charge in [0.25, 0.3) is 0 Å². The lowest BCUT2D eigenvalue weighted by molar-refractivity contribution is 1.56. The van der Waals surface area contributed by atoms with Crippen molar-refractivity contribution in [1.29, 1.82) is 0 Å². The second kappa shape index (κ2) is 3.52. The number of nitrogen functional groups attached to an aromatic ring is 1. The lowest BCUT2D eigenvalue weighted by Crippen LogP contribution is -1.86. The Kier molecular flexibility index (Phi) is 2.53. The van der Waals surface area contributed by atoms with Crippen LogP contribution in [0.1, 0.15) is 0 Å². The maximum Gasteiger partial charge on any atom is 0.0711 e. The Morgan fingerprint density at radius 3 is 2.92 bits per heavy atom. The van der Waals surface area contributed by atoms with Crippen LogP contribution in [0.3, 0.4) is 0 Å². The number of halogens is 1. The molecule has 2 aromatic rings. The molecule has 1 nitrogen and oxygen atoms in total. The minimum Gasteiger partial charge on any atom is -0.398 e. The van der Waals surface area contributed by atoms with Gasteiger partial charge >= 0.3 is 0 Å². The zero-order valence-electron chi connectivity index (χ0n) is 7.00. The first-order valence-corrected chi connectivity index (χ1v) is 6.57. The van der Waals surface area contributed by atoms with Crippen molar-refractivity contribution in [2.75, 3.05) is 12.0 Å². The normalized spacial score (nSPS) is 10.9. The highest BCUT2D eigenvalue weighted by Gasteiger charge is 2.06. The predicted octanol–water partition coefficient (Wildman–Crippen LogP) is 3.97. The monoisotopic (exact) mass is 273 g/mol. The van der Waals surface area contributed by atoms with Gasteiger partial charge in [-0.15, -0.1) is 23.1 Å². The third-order valence-corrected chi connectivity index (χ3v) is 4.32. The second-order valence-electron chi connectivity index (χ2n) is 2.65. The van der Waals surface area contributed by atoms with Crippen molar-refractivity contribution in [3.63, 3.8) is 0 Å². The number of fused-ring (bicyclic) bond motifs is 1. The van der Waals surface area contributed by atoms with Gasteiger partial charge in [0.1, 0.15) is 0 Å². The Balaban J connectivity index is 2.82. The van der Waals surface area contributed by atoms with Crippen LogP contribution in [0.5, 0.6) is 0 Å². The summed E-state index contributed by atoms with van der Waals surface area (Å²) < 4.78 is 2.44. The lowest BCUT2D eigenvalue weighted by Gasteiger charge is -2.02. The van der Waals surface area contributed by atoms with Crippen molar-refractivity contribution < 1.29 is 0 Å². The van der Waals surface area contributed by atoms with Crippen LogP contribution < -0.4 is 5.73 Å². The summed E-state index contributed by atoms with van der Waals surface area (Å²) in [5.74, 6) is 0. The molecule has 0 atom stereocenters. The van der Waals surface area contributed by atoms with E-state index < -0.39 is 0 Å². The van der Waals surface area contributed by atoms with Crippen molar-refractivity contribution in [2.45, 2.75) is 4.90 Å². The van der Waals surface area contributed by atoms with Crippen molar-refractivity contribution in [3.05, 3.63) is 22.0 Å². The van der Waals surface area contributed by atoms with Crippen molar-refractivity contribution in [3.8, 4) is 0 Å². The fourth-order valence-electron chi connectivity index (χ4n) is 1.30. The molecule has 13 heavy (non-hydrogen) atoms. The SMILES string of the molecule is CSc1c(N)ccc2sc(Br)cc12. The van der Waals surface area contributed by atoms with Gasteiger partial charge in [-0.25, -0.2) is 0 Å². The fraction of sp³-hybridized carbons (Fsp3) is 0.111. The molecular weight excluding hydrogens is 266 g/mol. The first kappa shape index (κ1) is 9.37. The number of thiophene rings is 1. The van der Waals surface area contributed by atoms with E-state index in [-0.39, 0.29) is 0 Å². The standard InChI is InChI=1S/C9H8BrNS2/c1-12-9-5-4-8(10)13-7(5)3-2-6(9)11/h2-4H,11H2,1H3. The first-order chi connectivity index (χ1) is 6.22. The molecule has 68 valence electrons. The van der Waals surface area contributed by atoms with E-state index in [0.717, 1.165) is 9.47 Å². The smallest absolute Gasteiger partial charge is 0.0711 e. The number of rotatable bonds is 1. The van der Waals surface area contributed by atoms with E-state index in [1.54, 1.807) is 23.1 Å².